The van der Waals surface area contributed by atoms with E-state index in [1.807, 2.05) is 18.2 Å². The zero-order chi connectivity index (χ0) is 16.2. The lowest BCUT2D eigenvalue weighted by atomic mass is 10.00. The fourth-order valence-corrected chi connectivity index (χ4v) is 3.13. The fraction of sp³-hybridized carbons (Fsp3) is 0.529. The van der Waals surface area contributed by atoms with E-state index in [-0.39, 0.29) is 12.8 Å². The Labute approximate surface area is 135 Å². The molecule has 1 aromatic carbocycles. The van der Waals surface area contributed by atoms with Crippen molar-refractivity contribution < 1.29 is 19.1 Å². The van der Waals surface area contributed by atoms with Crippen molar-refractivity contribution >= 4 is 11.8 Å². The summed E-state index contributed by atoms with van der Waals surface area (Å²) in [5.74, 6) is 0.417. The van der Waals surface area contributed by atoms with E-state index in [1.165, 1.54) is 0 Å². The van der Waals surface area contributed by atoms with Gasteiger partial charge >= 0.3 is 11.8 Å². The maximum absolute atomic E-state index is 12.3. The van der Waals surface area contributed by atoms with Gasteiger partial charge in [0.15, 0.2) is 11.5 Å². The average molecular weight is 318 g/mol. The molecule has 6 heteroatoms. The highest BCUT2D eigenvalue weighted by atomic mass is 16.7. The van der Waals surface area contributed by atoms with Gasteiger partial charge in [0.05, 0.1) is 0 Å². The Morgan fingerprint density at radius 3 is 2.91 bits per heavy atom. The molecule has 0 bridgehead atoms. The SMILES string of the molecule is CCC1CCCCN1C(=O)C(=O)NCc1ccc2c(c1)OCO2. The average Bonchev–Trinajstić information content (AvgIpc) is 3.06. The molecule has 0 saturated carbocycles. The third-order valence-corrected chi connectivity index (χ3v) is 4.44. The number of nitrogens with one attached hydrogen (secondary N) is 1. The quantitative estimate of drug-likeness (QED) is 0.863. The van der Waals surface area contributed by atoms with Crippen molar-refractivity contribution in [2.75, 3.05) is 13.3 Å². The maximum Gasteiger partial charge on any atom is 0.312 e. The van der Waals surface area contributed by atoms with Gasteiger partial charge in [-0.15, -0.1) is 0 Å². The Hall–Kier alpha value is -2.24. The van der Waals surface area contributed by atoms with Gasteiger partial charge < -0.3 is 19.7 Å². The Balaban J connectivity index is 1.57. The van der Waals surface area contributed by atoms with Gasteiger partial charge in [0, 0.05) is 19.1 Å². The van der Waals surface area contributed by atoms with Crippen LogP contribution in [0.15, 0.2) is 18.2 Å². The van der Waals surface area contributed by atoms with Crippen LogP contribution in [0.1, 0.15) is 38.2 Å². The molecule has 23 heavy (non-hydrogen) atoms. The van der Waals surface area contributed by atoms with Crippen molar-refractivity contribution in [3.63, 3.8) is 0 Å². The van der Waals surface area contributed by atoms with Crippen molar-refractivity contribution in [2.45, 2.75) is 45.2 Å². The molecule has 124 valence electrons. The number of hydrogen-bond donors (Lipinski definition) is 1. The van der Waals surface area contributed by atoms with Gasteiger partial charge in [-0.3, -0.25) is 9.59 Å². The van der Waals surface area contributed by atoms with Crippen molar-refractivity contribution in [1.82, 2.24) is 10.2 Å². The van der Waals surface area contributed by atoms with E-state index < -0.39 is 11.8 Å². The van der Waals surface area contributed by atoms with E-state index in [0.29, 0.717) is 24.6 Å². The van der Waals surface area contributed by atoms with Crippen LogP contribution in [0, 0.1) is 0 Å². The number of piperidine rings is 1. The lowest BCUT2D eigenvalue weighted by Crippen LogP contribution is -2.49. The number of likely N-dealkylation sites (tertiary alicyclic amines) is 1. The normalized spacial score (nSPS) is 19.5. The second-order valence-corrected chi connectivity index (χ2v) is 5.93. The molecule has 6 nitrogen and oxygen atoms in total. The van der Waals surface area contributed by atoms with Gasteiger partial charge in [0.2, 0.25) is 6.79 Å². The zero-order valence-corrected chi connectivity index (χ0v) is 13.3. The summed E-state index contributed by atoms with van der Waals surface area (Å²) in [5, 5.41) is 2.71. The predicted molar refractivity (Wildman–Crippen MR) is 84.1 cm³/mol. The molecule has 2 aliphatic heterocycles. The van der Waals surface area contributed by atoms with E-state index in [0.717, 1.165) is 31.2 Å². The number of carbonyl (C=O) groups excluding carboxylic acids is 2. The summed E-state index contributed by atoms with van der Waals surface area (Å²) in [5.41, 5.74) is 0.876. The largest absolute Gasteiger partial charge is 0.454 e. The first-order chi connectivity index (χ1) is 11.2. The number of benzene rings is 1. The summed E-state index contributed by atoms with van der Waals surface area (Å²) < 4.78 is 10.6. The van der Waals surface area contributed by atoms with Crippen LogP contribution in [-0.4, -0.2) is 36.1 Å². The summed E-state index contributed by atoms with van der Waals surface area (Å²) >= 11 is 0. The second-order valence-electron chi connectivity index (χ2n) is 5.93. The number of amides is 2. The monoisotopic (exact) mass is 318 g/mol. The van der Waals surface area contributed by atoms with Gasteiger partial charge in [0.1, 0.15) is 0 Å². The summed E-state index contributed by atoms with van der Waals surface area (Å²) in [7, 11) is 0. The molecular weight excluding hydrogens is 296 g/mol. The Bertz CT molecular complexity index is 602. The Morgan fingerprint density at radius 2 is 2.09 bits per heavy atom. The maximum atomic E-state index is 12.3. The number of fused-ring (bicyclic) bond motifs is 1. The lowest BCUT2D eigenvalue weighted by molar-refractivity contribution is -0.148. The van der Waals surface area contributed by atoms with Gasteiger partial charge in [-0.2, -0.15) is 0 Å². The van der Waals surface area contributed by atoms with E-state index in [1.54, 1.807) is 4.90 Å². The van der Waals surface area contributed by atoms with E-state index >= 15 is 0 Å². The minimum atomic E-state index is -0.539. The molecule has 0 aromatic heterocycles. The topological polar surface area (TPSA) is 67.9 Å². The first-order valence-electron chi connectivity index (χ1n) is 8.16. The molecule has 1 unspecified atom stereocenters. The third kappa shape index (κ3) is 3.41. The van der Waals surface area contributed by atoms with Crippen LogP contribution in [0.25, 0.3) is 0 Å². The molecule has 0 aliphatic carbocycles. The first kappa shape index (κ1) is 15.6. The van der Waals surface area contributed by atoms with Crippen molar-refractivity contribution in [3.8, 4) is 11.5 Å². The summed E-state index contributed by atoms with van der Waals surface area (Å²) in [6.07, 6.45) is 3.97. The smallest absolute Gasteiger partial charge is 0.312 e. The summed E-state index contributed by atoms with van der Waals surface area (Å²) in [6, 6.07) is 5.67. The van der Waals surface area contributed by atoms with Crippen LogP contribution in [0.2, 0.25) is 0 Å². The van der Waals surface area contributed by atoms with E-state index in [9.17, 15) is 9.59 Å². The van der Waals surface area contributed by atoms with Crippen LogP contribution in [0.5, 0.6) is 11.5 Å². The number of nitrogens with zero attached hydrogens (tertiary/aromatic N) is 1. The van der Waals surface area contributed by atoms with Gasteiger partial charge in [0.25, 0.3) is 0 Å². The fourth-order valence-electron chi connectivity index (χ4n) is 3.13. The van der Waals surface area contributed by atoms with Crippen molar-refractivity contribution in [1.29, 1.82) is 0 Å². The minimum Gasteiger partial charge on any atom is -0.454 e. The molecule has 1 atom stereocenters. The molecule has 2 aliphatic rings. The molecule has 1 fully saturated rings. The van der Waals surface area contributed by atoms with Gasteiger partial charge in [-0.1, -0.05) is 13.0 Å². The van der Waals surface area contributed by atoms with E-state index in [4.69, 9.17) is 9.47 Å². The standard InChI is InChI=1S/C17H22N2O4/c1-2-13-5-3-4-8-19(13)17(21)16(20)18-10-12-6-7-14-15(9-12)23-11-22-14/h6-7,9,13H,2-5,8,10-11H2,1H3,(H,18,20). The molecule has 1 N–H and O–H groups in total. The molecule has 1 saturated heterocycles. The van der Waals surface area contributed by atoms with E-state index in [2.05, 4.69) is 12.2 Å². The Morgan fingerprint density at radius 1 is 1.26 bits per heavy atom. The third-order valence-electron chi connectivity index (χ3n) is 4.44. The van der Waals surface area contributed by atoms with Gasteiger partial charge in [-0.05, 0) is 43.4 Å². The number of ether oxygens (including phenoxy) is 2. The first-order valence-corrected chi connectivity index (χ1v) is 8.16. The lowest BCUT2D eigenvalue weighted by Gasteiger charge is -2.34. The highest BCUT2D eigenvalue weighted by molar-refractivity contribution is 6.35. The molecule has 2 heterocycles. The molecule has 0 spiro atoms. The second kappa shape index (κ2) is 6.89. The highest BCUT2D eigenvalue weighted by Gasteiger charge is 2.29. The minimum absolute atomic E-state index is 0.188. The van der Waals surface area contributed by atoms with Crippen LogP contribution in [0.4, 0.5) is 0 Å². The summed E-state index contributed by atoms with van der Waals surface area (Å²) in [6.45, 7) is 3.25. The zero-order valence-electron chi connectivity index (χ0n) is 13.3. The number of hydrogen-bond acceptors (Lipinski definition) is 4. The van der Waals surface area contributed by atoms with Crippen LogP contribution in [-0.2, 0) is 16.1 Å². The van der Waals surface area contributed by atoms with Crippen LogP contribution >= 0.6 is 0 Å². The number of carbonyl (C=O) groups is 2. The molecule has 3 rings (SSSR count). The number of rotatable bonds is 3. The van der Waals surface area contributed by atoms with Crippen LogP contribution in [0.3, 0.4) is 0 Å². The Kier molecular flexibility index (Phi) is 4.69. The molecule has 2 amide bonds. The summed E-state index contributed by atoms with van der Waals surface area (Å²) in [4.78, 5) is 26.2. The van der Waals surface area contributed by atoms with Crippen molar-refractivity contribution in [3.05, 3.63) is 23.8 Å². The van der Waals surface area contributed by atoms with Crippen LogP contribution < -0.4 is 14.8 Å². The molecule has 0 radical (unpaired) electrons. The molecule has 1 aromatic rings. The highest BCUT2D eigenvalue weighted by Crippen LogP contribution is 2.32. The molecular formula is C17H22N2O4. The van der Waals surface area contributed by atoms with Crippen molar-refractivity contribution in [2.24, 2.45) is 0 Å². The van der Waals surface area contributed by atoms with Gasteiger partial charge in [-0.25, -0.2) is 0 Å². The predicted octanol–water partition coefficient (Wildman–Crippen LogP) is 1.82.